The number of carbonyl (C=O) groups is 1. The summed E-state index contributed by atoms with van der Waals surface area (Å²) >= 11 is 8.70. The number of hydrogen-bond acceptors (Lipinski definition) is 9. The van der Waals surface area contributed by atoms with E-state index in [1.54, 1.807) is 6.92 Å². The molecule has 1 N–H and O–H groups in total. The summed E-state index contributed by atoms with van der Waals surface area (Å²) in [6.45, 7) is 7.46. The Bertz CT molecular complexity index is 910. The molecule has 0 fully saturated rings. The third-order valence-corrected chi connectivity index (χ3v) is 5.76. The first kappa shape index (κ1) is 24.8. The Morgan fingerprint density at radius 3 is 2.77 bits per heavy atom. The van der Waals surface area contributed by atoms with Crippen molar-refractivity contribution in [1.82, 2.24) is 14.8 Å². The Labute approximate surface area is 188 Å². The maximum atomic E-state index is 12.4. The van der Waals surface area contributed by atoms with Gasteiger partial charge in [-0.25, -0.2) is 4.68 Å². The van der Waals surface area contributed by atoms with E-state index in [0.29, 0.717) is 15.2 Å². The predicted molar refractivity (Wildman–Crippen MR) is 117 cm³/mol. The molecule has 0 aliphatic carbocycles. The van der Waals surface area contributed by atoms with Crippen molar-refractivity contribution in [3.05, 3.63) is 37.4 Å². The van der Waals surface area contributed by atoms with Crippen molar-refractivity contribution in [3.8, 4) is 0 Å². The molecule has 0 saturated carbocycles. The standard InChI is InChI=1S/C19H26ClN3O5S2/c1-5-27-15(24)7-6-13-17(26)21-18(30-11-12-8-14(20)29-10-12)23(22-13)9-16(25)28-19(2,3)4/h8,10,16,25H,5-7,9,11H2,1-4H3. The smallest absolute Gasteiger partial charge is 0.306 e. The predicted octanol–water partition coefficient (Wildman–Crippen LogP) is 3.27. The topological polar surface area (TPSA) is 104 Å². The SMILES string of the molecule is CCOC(=O)CCc1nn(CC(O)OC(C)(C)C)c(SCc2csc(Cl)c2)nc1=O. The van der Waals surface area contributed by atoms with E-state index < -0.39 is 23.4 Å². The minimum absolute atomic E-state index is 0.0102. The molecular weight excluding hydrogens is 450 g/mol. The van der Waals surface area contributed by atoms with Crippen molar-refractivity contribution in [2.45, 2.75) is 69.9 Å². The Balaban J connectivity index is 2.22. The number of nitrogens with zero attached hydrogens (tertiary/aromatic N) is 3. The highest BCUT2D eigenvalue weighted by atomic mass is 35.5. The van der Waals surface area contributed by atoms with Gasteiger partial charge >= 0.3 is 5.97 Å². The van der Waals surface area contributed by atoms with Crippen LogP contribution >= 0.6 is 34.7 Å². The third-order valence-electron chi connectivity index (χ3n) is 3.59. The molecule has 2 rings (SSSR count). The Kier molecular flexibility index (Phi) is 9.30. The van der Waals surface area contributed by atoms with Crippen LogP contribution in [0.1, 0.15) is 45.4 Å². The molecule has 1 unspecified atom stereocenters. The van der Waals surface area contributed by atoms with Gasteiger partial charge in [-0.1, -0.05) is 23.4 Å². The van der Waals surface area contributed by atoms with Crippen LogP contribution in [0.2, 0.25) is 4.34 Å². The van der Waals surface area contributed by atoms with Crippen molar-refractivity contribution in [2.24, 2.45) is 0 Å². The third kappa shape index (κ3) is 8.35. The summed E-state index contributed by atoms with van der Waals surface area (Å²) in [5, 5.41) is 16.9. The fourth-order valence-corrected chi connectivity index (χ4v) is 4.33. The monoisotopic (exact) mass is 475 g/mol. The van der Waals surface area contributed by atoms with Gasteiger partial charge in [-0.2, -0.15) is 10.1 Å². The van der Waals surface area contributed by atoms with Crippen molar-refractivity contribution >= 4 is 40.7 Å². The molecule has 0 amide bonds. The van der Waals surface area contributed by atoms with Gasteiger partial charge in [0.1, 0.15) is 5.69 Å². The molecule has 0 aliphatic rings. The van der Waals surface area contributed by atoms with Gasteiger partial charge in [-0.05, 0) is 44.7 Å². The van der Waals surface area contributed by atoms with Crippen LogP contribution in [0.4, 0.5) is 0 Å². The largest absolute Gasteiger partial charge is 0.466 e. The number of aryl methyl sites for hydroxylation is 1. The molecule has 0 saturated heterocycles. The normalized spacial score (nSPS) is 12.7. The van der Waals surface area contributed by atoms with Gasteiger partial charge in [0.2, 0.25) is 0 Å². The number of aliphatic hydroxyl groups is 1. The van der Waals surface area contributed by atoms with Gasteiger partial charge in [0.15, 0.2) is 11.4 Å². The first-order valence-corrected chi connectivity index (χ1v) is 11.7. The van der Waals surface area contributed by atoms with Gasteiger partial charge < -0.3 is 14.6 Å². The number of aromatic nitrogens is 3. The van der Waals surface area contributed by atoms with E-state index >= 15 is 0 Å². The lowest BCUT2D eigenvalue weighted by Gasteiger charge is -2.24. The lowest BCUT2D eigenvalue weighted by atomic mass is 10.2. The van der Waals surface area contributed by atoms with Gasteiger partial charge in [0, 0.05) is 12.2 Å². The number of halogens is 1. The van der Waals surface area contributed by atoms with E-state index in [-0.39, 0.29) is 31.7 Å². The Hall–Kier alpha value is -1.46. The number of rotatable bonds is 10. The van der Waals surface area contributed by atoms with Crippen LogP contribution in [0.3, 0.4) is 0 Å². The number of thioether (sulfide) groups is 1. The number of hydrogen-bond donors (Lipinski definition) is 1. The molecule has 30 heavy (non-hydrogen) atoms. The lowest BCUT2D eigenvalue weighted by Crippen LogP contribution is -2.33. The summed E-state index contributed by atoms with van der Waals surface area (Å²) in [7, 11) is 0. The average Bonchev–Trinajstić information content (AvgIpc) is 3.04. The minimum atomic E-state index is -1.14. The van der Waals surface area contributed by atoms with Crippen LogP contribution in [0.25, 0.3) is 0 Å². The maximum absolute atomic E-state index is 12.4. The number of carbonyl (C=O) groups excluding carboxylic acids is 1. The molecule has 0 aliphatic heterocycles. The first-order valence-electron chi connectivity index (χ1n) is 9.42. The number of thiophene rings is 1. The van der Waals surface area contributed by atoms with E-state index in [1.165, 1.54) is 27.8 Å². The van der Waals surface area contributed by atoms with Crippen molar-refractivity contribution in [3.63, 3.8) is 0 Å². The quantitative estimate of drug-likeness (QED) is 0.317. The Morgan fingerprint density at radius 1 is 1.43 bits per heavy atom. The second-order valence-electron chi connectivity index (χ2n) is 7.37. The molecule has 0 aromatic carbocycles. The molecule has 166 valence electrons. The molecule has 0 bridgehead atoms. The maximum Gasteiger partial charge on any atom is 0.306 e. The van der Waals surface area contributed by atoms with E-state index in [2.05, 4.69) is 10.1 Å². The van der Waals surface area contributed by atoms with E-state index in [4.69, 9.17) is 21.1 Å². The molecule has 2 heterocycles. The fraction of sp³-hybridized carbons (Fsp3) is 0.579. The summed E-state index contributed by atoms with van der Waals surface area (Å²) in [6, 6.07) is 1.85. The number of esters is 1. The zero-order valence-corrected chi connectivity index (χ0v) is 19.8. The molecule has 8 nitrogen and oxygen atoms in total. The molecular formula is C19H26ClN3O5S2. The van der Waals surface area contributed by atoms with Crippen molar-refractivity contribution in [1.29, 1.82) is 0 Å². The number of aliphatic hydroxyl groups excluding tert-OH is 1. The van der Waals surface area contributed by atoms with Crippen LogP contribution in [0.5, 0.6) is 0 Å². The average molecular weight is 476 g/mol. The van der Waals surface area contributed by atoms with Crippen molar-refractivity contribution in [2.75, 3.05) is 6.61 Å². The van der Waals surface area contributed by atoms with Crippen LogP contribution in [-0.4, -0.2) is 44.3 Å². The summed E-state index contributed by atoms with van der Waals surface area (Å²) < 4.78 is 12.6. The summed E-state index contributed by atoms with van der Waals surface area (Å²) in [6.07, 6.45) is -1.01. The molecule has 0 spiro atoms. The highest BCUT2D eigenvalue weighted by Gasteiger charge is 2.20. The van der Waals surface area contributed by atoms with Gasteiger partial charge in [-0.3, -0.25) is 9.59 Å². The molecule has 0 radical (unpaired) electrons. The zero-order valence-electron chi connectivity index (χ0n) is 17.4. The second-order valence-corrected chi connectivity index (χ2v) is 9.85. The highest BCUT2D eigenvalue weighted by Crippen LogP contribution is 2.26. The Morgan fingerprint density at radius 2 is 2.17 bits per heavy atom. The summed E-state index contributed by atoms with van der Waals surface area (Å²) in [4.78, 5) is 28.2. The second kappa shape index (κ2) is 11.2. The zero-order chi connectivity index (χ0) is 22.3. The molecule has 2 aromatic rings. The van der Waals surface area contributed by atoms with Gasteiger partial charge in [0.05, 0.1) is 29.5 Å². The van der Waals surface area contributed by atoms with E-state index in [0.717, 1.165) is 5.56 Å². The van der Waals surface area contributed by atoms with Gasteiger partial charge in [-0.15, -0.1) is 11.3 Å². The van der Waals surface area contributed by atoms with Crippen LogP contribution in [-0.2, 0) is 33.0 Å². The first-order chi connectivity index (χ1) is 14.1. The molecule has 2 aromatic heterocycles. The van der Waals surface area contributed by atoms with Gasteiger partial charge in [0.25, 0.3) is 5.56 Å². The van der Waals surface area contributed by atoms with Crippen LogP contribution < -0.4 is 5.56 Å². The molecule has 11 heteroatoms. The summed E-state index contributed by atoms with van der Waals surface area (Å²) in [5.41, 5.74) is 0.0644. The summed E-state index contributed by atoms with van der Waals surface area (Å²) in [5.74, 6) is 0.129. The lowest BCUT2D eigenvalue weighted by molar-refractivity contribution is -0.173. The van der Waals surface area contributed by atoms with E-state index in [9.17, 15) is 14.7 Å². The number of ether oxygens (including phenoxy) is 2. The van der Waals surface area contributed by atoms with Crippen LogP contribution in [0.15, 0.2) is 21.4 Å². The van der Waals surface area contributed by atoms with Crippen molar-refractivity contribution < 1.29 is 19.4 Å². The minimum Gasteiger partial charge on any atom is -0.466 e. The highest BCUT2D eigenvalue weighted by molar-refractivity contribution is 7.98. The van der Waals surface area contributed by atoms with Crippen LogP contribution in [0, 0.1) is 0 Å². The van der Waals surface area contributed by atoms with E-state index in [1.807, 2.05) is 32.2 Å². The molecule has 1 atom stereocenters. The fourth-order valence-electron chi connectivity index (χ4n) is 2.44.